The highest BCUT2D eigenvalue weighted by molar-refractivity contribution is 6.30. The molecule has 18 heavy (non-hydrogen) atoms. The molecule has 2 N–H and O–H groups in total. The number of fused-ring (bicyclic) bond motifs is 1. The van der Waals surface area contributed by atoms with Crippen LogP contribution in [0.4, 0.5) is 0 Å². The van der Waals surface area contributed by atoms with Gasteiger partial charge < -0.3 is 10.5 Å². The number of benzene rings is 2. The van der Waals surface area contributed by atoms with Crippen molar-refractivity contribution in [3.63, 3.8) is 0 Å². The van der Waals surface area contributed by atoms with Crippen LogP contribution in [-0.4, -0.2) is 12.6 Å². The standard InChI is InChI=1S/C15H14ClNO/c16-13-3-1-2-10(6-13)11-4-5-12-7-14(9-17)18-15(12)8-11/h1-6,8,14H,7,9,17H2/t14-/m0/s1. The minimum Gasteiger partial charge on any atom is -0.488 e. The highest BCUT2D eigenvalue weighted by Gasteiger charge is 2.21. The summed E-state index contributed by atoms with van der Waals surface area (Å²) >= 11 is 6.01. The van der Waals surface area contributed by atoms with Crippen molar-refractivity contribution >= 4 is 11.6 Å². The van der Waals surface area contributed by atoms with Gasteiger partial charge in [0.2, 0.25) is 0 Å². The van der Waals surface area contributed by atoms with Gasteiger partial charge in [-0.2, -0.15) is 0 Å². The second kappa shape index (κ2) is 4.63. The molecule has 0 unspecified atom stereocenters. The summed E-state index contributed by atoms with van der Waals surface area (Å²) in [6.45, 7) is 0.557. The Labute approximate surface area is 111 Å². The molecule has 0 aliphatic carbocycles. The average Bonchev–Trinajstić information content (AvgIpc) is 2.80. The fourth-order valence-electron chi connectivity index (χ4n) is 2.28. The lowest BCUT2D eigenvalue weighted by Gasteiger charge is -2.07. The lowest BCUT2D eigenvalue weighted by molar-refractivity contribution is 0.241. The van der Waals surface area contributed by atoms with Crippen molar-refractivity contribution in [2.24, 2.45) is 5.73 Å². The van der Waals surface area contributed by atoms with Crippen molar-refractivity contribution in [1.82, 2.24) is 0 Å². The monoisotopic (exact) mass is 259 g/mol. The van der Waals surface area contributed by atoms with Gasteiger partial charge in [0, 0.05) is 18.0 Å². The van der Waals surface area contributed by atoms with E-state index in [2.05, 4.69) is 18.2 Å². The molecule has 3 heteroatoms. The van der Waals surface area contributed by atoms with Gasteiger partial charge in [0.25, 0.3) is 0 Å². The quantitative estimate of drug-likeness (QED) is 0.898. The lowest BCUT2D eigenvalue weighted by atomic mass is 10.0. The van der Waals surface area contributed by atoms with Crippen LogP contribution in [0.1, 0.15) is 5.56 Å². The number of halogens is 1. The molecule has 0 bridgehead atoms. The zero-order chi connectivity index (χ0) is 12.5. The topological polar surface area (TPSA) is 35.2 Å². The van der Waals surface area contributed by atoms with Crippen molar-refractivity contribution in [3.8, 4) is 16.9 Å². The Balaban J connectivity index is 1.97. The smallest absolute Gasteiger partial charge is 0.123 e. The molecule has 0 aromatic heterocycles. The van der Waals surface area contributed by atoms with Crippen LogP contribution in [0.15, 0.2) is 42.5 Å². The largest absolute Gasteiger partial charge is 0.488 e. The summed E-state index contributed by atoms with van der Waals surface area (Å²) in [4.78, 5) is 0. The van der Waals surface area contributed by atoms with Gasteiger partial charge in [-0.3, -0.25) is 0 Å². The van der Waals surface area contributed by atoms with E-state index in [9.17, 15) is 0 Å². The minimum absolute atomic E-state index is 0.120. The molecule has 0 fully saturated rings. The highest BCUT2D eigenvalue weighted by Crippen LogP contribution is 2.33. The lowest BCUT2D eigenvalue weighted by Crippen LogP contribution is -2.24. The number of nitrogens with two attached hydrogens (primary N) is 1. The Morgan fingerprint density at radius 2 is 2.00 bits per heavy atom. The van der Waals surface area contributed by atoms with Crippen LogP contribution in [-0.2, 0) is 6.42 Å². The fraction of sp³-hybridized carbons (Fsp3) is 0.200. The van der Waals surface area contributed by atoms with Crippen molar-refractivity contribution in [2.45, 2.75) is 12.5 Å². The van der Waals surface area contributed by atoms with Crippen LogP contribution < -0.4 is 10.5 Å². The van der Waals surface area contributed by atoms with E-state index in [4.69, 9.17) is 22.1 Å². The van der Waals surface area contributed by atoms with Gasteiger partial charge in [-0.15, -0.1) is 0 Å². The fourth-order valence-corrected chi connectivity index (χ4v) is 2.47. The number of hydrogen-bond donors (Lipinski definition) is 1. The third-order valence-electron chi connectivity index (χ3n) is 3.23. The van der Waals surface area contributed by atoms with Gasteiger partial charge in [0.15, 0.2) is 0 Å². The summed E-state index contributed by atoms with van der Waals surface area (Å²) in [5.74, 6) is 0.947. The van der Waals surface area contributed by atoms with Crippen LogP contribution >= 0.6 is 11.6 Å². The van der Waals surface area contributed by atoms with Gasteiger partial charge in [-0.25, -0.2) is 0 Å². The Morgan fingerprint density at radius 1 is 1.17 bits per heavy atom. The van der Waals surface area contributed by atoms with E-state index in [0.717, 1.165) is 28.3 Å². The summed E-state index contributed by atoms with van der Waals surface area (Å²) in [5, 5.41) is 0.744. The normalized spacial score (nSPS) is 17.3. The summed E-state index contributed by atoms with van der Waals surface area (Å²) in [6, 6.07) is 14.1. The first-order valence-electron chi connectivity index (χ1n) is 6.02. The van der Waals surface area contributed by atoms with Crippen molar-refractivity contribution in [2.75, 3.05) is 6.54 Å². The molecule has 0 spiro atoms. The van der Waals surface area contributed by atoms with E-state index in [1.54, 1.807) is 0 Å². The molecule has 1 heterocycles. The van der Waals surface area contributed by atoms with Gasteiger partial charge in [0.05, 0.1) is 0 Å². The van der Waals surface area contributed by atoms with Crippen LogP contribution in [0, 0.1) is 0 Å². The van der Waals surface area contributed by atoms with E-state index >= 15 is 0 Å². The molecule has 2 nitrogen and oxygen atoms in total. The predicted molar refractivity (Wildman–Crippen MR) is 74.1 cm³/mol. The molecule has 1 aliphatic heterocycles. The maximum atomic E-state index is 6.01. The van der Waals surface area contributed by atoms with Crippen LogP contribution in [0.3, 0.4) is 0 Å². The molecule has 2 aromatic carbocycles. The van der Waals surface area contributed by atoms with E-state index in [1.807, 2.05) is 24.3 Å². The molecular formula is C15H14ClNO. The molecule has 0 saturated heterocycles. The number of hydrogen-bond acceptors (Lipinski definition) is 2. The first-order valence-corrected chi connectivity index (χ1v) is 6.39. The second-order valence-corrected chi connectivity index (χ2v) is 4.95. The summed E-state index contributed by atoms with van der Waals surface area (Å²) in [5.41, 5.74) is 9.09. The summed E-state index contributed by atoms with van der Waals surface area (Å²) in [7, 11) is 0. The van der Waals surface area contributed by atoms with Crippen molar-refractivity contribution < 1.29 is 4.74 Å². The maximum Gasteiger partial charge on any atom is 0.123 e. The molecule has 92 valence electrons. The molecule has 1 aliphatic rings. The van der Waals surface area contributed by atoms with Crippen molar-refractivity contribution in [3.05, 3.63) is 53.1 Å². The molecule has 0 amide bonds. The zero-order valence-corrected chi connectivity index (χ0v) is 10.7. The maximum absolute atomic E-state index is 6.01. The highest BCUT2D eigenvalue weighted by atomic mass is 35.5. The molecule has 3 rings (SSSR count). The van der Waals surface area contributed by atoms with Crippen molar-refractivity contribution in [1.29, 1.82) is 0 Å². The van der Waals surface area contributed by atoms with Gasteiger partial charge in [0.1, 0.15) is 11.9 Å². The molecule has 0 saturated carbocycles. The molecule has 2 aromatic rings. The molecular weight excluding hydrogens is 246 g/mol. The zero-order valence-electron chi connectivity index (χ0n) is 9.90. The minimum atomic E-state index is 0.120. The predicted octanol–water partition coefficient (Wildman–Crippen LogP) is 3.27. The Hall–Kier alpha value is -1.51. The van der Waals surface area contributed by atoms with Crippen LogP contribution in [0.2, 0.25) is 5.02 Å². The summed E-state index contributed by atoms with van der Waals surface area (Å²) < 4.78 is 5.79. The van der Waals surface area contributed by atoms with Gasteiger partial charge >= 0.3 is 0 Å². The summed E-state index contributed by atoms with van der Waals surface area (Å²) in [6.07, 6.45) is 1.02. The van der Waals surface area contributed by atoms with Crippen LogP contribution in [0.5, 0.6) is 5.75 Å². The third-order valence-corrected chi connectivity index (χ3v) is 3.46. The SMILES string of the molecule is NC[C@@H]1Cc2ccc(-c3cccc(Cl)c3)cc2O1. The number of rotatable bonds is 2. The average molecular weight is 260 g/mol. The van der Waals surface area contributed by atoms with Gasteiger partial charge in [-0.1, -0.05) is 35.9 Å². The Morgan fingerprint density at radius 3 is 2.78 bits per heavy atom. The van der Waals surface area contributed by atoms with E-state index < -0.39 is 0 Å². The Kier molecular flexibility index (Phi) is 2.98. The Bertz CT molecular complexity index is 582. The van der Waals surface area contributed by atoms with Crippen LogP contribution in [0.25, 0.3) is 11.1 Å². The van der Waals surface area contributed by atoms with E-state index in [-0.39, 0.29) is 6.10 Å². The molecule has 1 atom stereocenters. The first-order chi connectivity index (χ1) is 8.76. The van der Waals surface area contributed by atoms with E-state index in [1.165, 1.54) is 5.56 Å². The van der Waals surface area contributed by atoms with Gasteiger partial charge in [-0.05, 0) is 34.9 Å². The van der Waals surface area contributed by atoms with E-state index in [0.29, 0.717) is 6.54 Å². The molecule has 0 radical (unpaired) electrons. The second-order valence-electron chi connectivity index (χ2n) is 4.51. The number of ether oxygens (including phenoxy) is 1. The first kappa shape index (κ1) is 11.6. The third kappa shape index (κ3) is 2.09.